The van der Waals surface area contributed by atoms with Gasteiger partial charge in [-0.25, -0.2) is 0 Å². The van der Waals surface area contributed by atoms with Crippen LogP contribution in [0.1, 0.15) is 57.8 Å². The van der Waals surface area contributed by atoms with Gasteiger partial charge in [0.25, 0.3) is 0 Å². The number of hydrogen-bond donors (Lipinski definition) is 1. The van der Waals surface area contributed by atoms with Crippen molar-refractivity contribution in [3.8, 4) is 0 Å². The predicted octanol–water partition coefficient (Wildman–Crippen LogP) is 2.98. The minimum Gasteiger partial charge on any atom is -0.339 e. The van der Waals surface area contributed by atoms with Crippen molar-refractivity contribution in [2.75, 3.05) is 19.6 Å². The molecule has 3 rings (SSSR count). The largest absolute Gasteiger partial charge is 0.339 e. The molecule has 1 saturated heterocycles. The third kappa shape index (κ3) is 4.11. The first-order valence-electron chi connectivity index (χ1n) is 8.36. The van der Waals surface area contributed by atoms with E-state index in [0.29, 0.717) is 17.9 Å². The van der Waals surface area contributed by atoms with E-state index in [9.17, 15) is 4.79 Å². The van der Waals surface area contributed by atoms with Gasteiger partial charge in [0.05, 0.1) is 0 Å². The Kier molecular flexibility index (Phi) is 6.16. The molecule has 3 nitrogen and oxygen atoms in total. The number of halogens is 1. The minimum atomic E-state index is 0. The molecule has 1 N–H and O–H groups in total. The van der Waals surface area contributed by atoms with Crippen molar-refractivity contribution in [3.63, 3.8) is 0 Å². The molecule has 3 aliphatic rings. The van der Waals surface area contributed by atoms with Crippen molar-refractivity contribution in [2.45, 2.75) is 63.8 Å². The second-order valence-corrected chi connectivity index (χ2v) is 6.75. The summed E-state index contributed by atoms with van der Waals surface area (Å²) >= 11 is 0. The van der Waals surface area contributed by atoms with E-state index in [1.165, 1.54) is 44.9 Å². The van der Waals surface area contributed by atoms with Gasteiger partial charge in [0, 0.05) is 18.5 Å². The van der Waals surface area contributed by atoms with Gasteiger partial charge in [-0.15, -0.1) is 12.4 Å². The number of carbonyl (C=O) groups excluding carboxylic acids is 1. The molecule has 2 saturated carbocycles. The lowest BCUT2D eigenvalue weighted by atomic mass is 9.88. The average Bonchev–Trinajstić information content (AvgIpc) is 3.31. The summed E-state index contributed by atoms with van der Waals surface area (Å²) in [6.45, 7) is 3.12. The SMILES string of the molecule is Cl.O=C(C1CCNCC1)N(CC1CCCCC1)C1CC1. The van der Waals surface area contributed by atoms with Crippen LogP contribution in [0, 0.1) is 11.8 Å². The highest BCUT2D eigenvalue weighted by Crippen LogP contribution is 2.33. The van der Waals surface area contributed by atoms with Crippen LogP contribution in [0.5, 0.6) is 0 Å². The fraction of sp³-hybridized carbons (Fsp3) is 0.938. The monoisotopic (exact) mass is 300 g/mol. The molecule has 0 aromatic rings. The van der Waals surface area contributed by atoms with Gasteiger partial charge in [0.2, 0.25) is 5.91 Å². The normalized spacial score (nSPS) is 25.0. The second-order valence-electron chi connectivity index (χ2n) is 6.75. The number of amides is 1. The summed E-state index contributed by atoms with van der Waals surface area (Å²) in [7, 11) is 0. The zero-order chi connectivity index (χ0) is 13.1. The molecule has 0 spiro atoms. The van der Waals surface area contributed by atoms with E-state index in [0.717, 1.165) is 38.4 Å². The van der Waals surface area contributed by atoms with Crippen LogP contribution in [0.25, 0.3) is 0 Å². The van der Waals surface area contributed by atoms with Crippen molar-refractivity contribution in [2.24, 2.45) is 11.8 Å². The van der Waals surface area contributed by atoms with Gasteiger partial charge in [-0.2, -0.15) is 0 Å². The van der Waals surface area contributed by atoms with Gasteiger partial charge in [0.15, 0.2) is 0 Å². The van der Waals surface area contributed by atoms with Crippen LogP contribution in [0.15, 0.2) is 0 Å². The Morgan fingerprint density at radius 2 is 1.60 bits per heavy atom. The van der Waals surface area contributed by atoms with Crippen molar-refractivity contribution in [1.82, 2.24) is 10.2 Å². The highest BCUT2D eigenvalue weighted by atomic mass is 35.5. The molecule has 0 aromatic heterocycles. The standard InChI is InChI=1S/C16H28N2O.ClH/c19-16(14-8-10-17-11-9-14)18(15-6-7-15)12-13-4-2-1-3-5-13;/h13-15,17H,1-12H2;1H. The third-order valence-electron chi connectivity index (χ3n) is 5.14. The summed E-state index contributed by atoms with van der Waals surface area (Å²) in [6.07, 6.45) is 11.5. The van der Waals surface area contributed by atoms with Gasteiger partial charge < -0.3 is 10.2 Å². The summed E-state index contributed by atoms with van der Waals surface area (Å²) in [5.74, 6) is 1.58. The highest BCUT2D eigenvalue weighted by Gasteiger charge is 2.37. The first-order valence-corrected chi connectivity index (χ1v) is 8.36. The fourth-order valence-corrected chi connectivity index (χ4v) is 3.76. The number of rotatable bonds is 4. The smallest absolute Gasteiger partial charge is 0.226 e. The molecule has 1 aliphatic heterocycles. The van der Waals surface area contributed by atoms with Crippen LogP contribution in [0.4, 0.5) is 0 Å². The van der Waals surface area contributed by atoms with E-state index >= 15 is 0 Å². The summed E-state index contributed by atoms with van der Waals surface area (Å²) in [5, 5.41) is 3.36. The molecule has 3 fully saturated rings. The van der Waals surface area contributed by atoms with Gasteiger partial charge in [0.1, 0.15) is 0 Å². The van der Waals surface area contributed by atoms with E-state index in [-0.39, 0.29) is 12.4 Å². The van der Waals surface area contributed by atoms with Crippen molar-refractivity contribution < 1.29 is 4.79 Å². The maximum Gasteiger partial charge on any atom is 0.226 e. The fourth-order valence-electron chi connectivity index (χ4n) is 3.76. The lowest BCUT2D eigenvalue weighted by Gasteiger charge is -2.33. The first kappa shape index (κ1) is 16.1. The zero-order valence-electron chi connectivity index (χ0n) is 12.5. The summed E-state index contributed by atoms with van der Waals surface area (Å²) in [6, 6.07) is 0.601. The average molecular weight is 301 g/mol. The molecule has 0 radical (unpaired) electrons. The van der Waals surface area contributed by atoms with Crippen molar-refractivity contribution in [1.29, 1.82) is 0 Å². The van der Waals surface area contributed by atoms with Crippen LogP contribution in [0.2, 0.25) is 0 Å². The molecule has 0 bridgehead atoms. The molecule has 0 aromatic carbocycles. The van der Waals surface area contributed by atoms with Gasteiger partial charge in [-0.05, 0) is 57.5 Å². The van der Waals surface area contributed by atoms with Crippen LogP contribution in [-0.2, 0) is 4.79 Å². The Morgan fingerprint density at radius 3 is 2.20 bits per heavy atom. The molecular formula is C16H29ClN2O. The Morgan fingerprint density at radius 1 is 0.950 bits per heavy atom. The lowest BCUT2D eigenvalue weighted by Crippen LogP contribution is -2.44. The molecule has 0 unspecified atom stereocenters. The van der Waals surface area contributed by atoms with E-state index in [2.05, 4.69) is 10.2 Å². The predicted molar refractivity (Wildman–Crippen MR) is 84.2 cm³/mol. The van der Waals surface area contributed by atoms with E-state index in [1.807, 2.05) is 0 Å². The summed E-state index contributed by atoms with van der Waals surface area (Å²) in [5.41, 5.74) is 0. The van der Waals surface area contributed by atoms with Gasteiger partial charge in [-0.1, -0.05) is 19.3 Å². The Labute approximate surface area is 129 Å². The van der Waals surface area contributed by atoms with Gasteiger partial charge in [-0.3, -0.25) is 4.79 Å². The van der Waals surface area contributed by atoms with Crippen LogP contribution < -0.4 is 5.32 Å². The molecule has 2 aliphatic carbocycles. The molecule has 1 heterocycles. The Hall–Kier alpha value is -0.280. The molecule has 1 amide bonds. The lowest BCUT2D eigenvalue weighted by molar-refractivity contribution is -0.137. The zero-order valence-corrected chi connectivity index (χ0v) is 13.3. The number of hydrogen-bond acceptors (Lipinski definition) is 2. The molecular weight excluding hydrogens is 272 g/mol. The molecule has 116 valence electrons. The van der Waals surface area contributed by atoms with E-state index in [1.54, 1.807) is 0 Å². The summed E-state index contributed by atoms with van der Waals surface area (Å²) < 4.78 is 0. The third-order valence-corrected chi connectivity index (χ3v) is 5.14. The van der Waals surface area contributed by atoms with Crippen LogP contribution in [0.3, 0.4) is 0 Å². The van der Waals surface area contributed by atoms with Crippen molar-refractivity contribution in [3.05, 3.63) is 0 Å². The summed E-state index contributed by atoms with van der Waals surface area (Å²) in [4.78, 5) is 15.0. The molecule has 20 heavy (non-hydrogen) atoms. The number of nitrogens with zero attached hydrogens (tertiary/aromatic N) is 1. The maximum absolute atomic E-state index is 12.8. The quantitative estimate of drug-likeness (QED) is 0.866. The van der Waals surface area contributed by atoms with Crippen LogP contribution >= 0.6 is 12.4 Å². The van der Waals surface area contributed by atoms with Gasteiger partial charge >= 0.3 is 0 Å². The second kappa shape index (κ2) is 7.65. The Balaban J connectivity index is 0.00000147. The van der Waals surface area contributed by atoms with E-state index in [4.69, 9.17) is 0 Å². The molecule has 4 heteroatoms. The Bertz CT molecular complexity index is 308. The number of nitrogens with one attached hydrogen (secondary N) is 1. The molecule has 0 atom stereocenters. The maximum atomic E-state index is 12.8. The van der Waals surface area contributed by atoms with E-state index < -0.39 is 0 Å². The number of carbonyl (C=O) groups is 1. The first-order chi connectivity index (χ1) is 9.34. The van der Waals surface area contributed by atoms with Crippen molar-refractivity contribution >= 4 is 18.3 Å². The highest BCUT2D eigenvalue weighted by molar-refractivity contribution is 5.85. The topological polar surface area (TPSA) is 32.3 Å². The number of piperidine rings is 1. The van der Waals surface area contributed by atoms with Crippen LogP contribution in [-0.4, -0.2) is 36.5 Å². The minimum absolute atomic E-state index is 0.